The number of aliphatic imine (C=N–C) groups is 1. The maximum absolute atomic E-state index is 13.1. The lowest BCUT2D eigenvalue weighted by Crippen LogP contribution is -2.41. The minimum atomic E-state index is -0.211. The summed E-state index contributed by atoms with van der Waals surface area (Å²) in [7, 11) is 1.78. The maximum atomic E-state index is 13.1. The Morgan fingerprint density at radius 1 is 1.21 bits per heavy atom. The van der Waals surface area contributed by atoms with Crippen LogP contribution in [0.4, 0.5) is 5.69 Å². The zero-order valence-electron chi connectivity index (χ0n) is 21.2. The molecule has 0 aliphatic rings. The van der Waals surface area contributed by atoms with Gasteiger partial charge in [-0.15, -0.1) is 0 Å². The highest BCUT2D eigenvalue weighted by atomic mass is 16.5. The lowest BCUT2D eigenvalue weighted by atomic mass is 10.1. The average molecular weight is 468 g/mol. The molecule has 9 nitrogen and oxygen atoms in total. The third kappa shape index (κ3) is 5.24. The first-order valence-electron chi connectivity index (χ1n) is 12.3. The van der Waals surface area contributed by atoms with Gasteiger partial charge in [-0.3, -0.25) is 14.5 Å². The molecule has 0 saturated carbocycles. The van der Waals surface area contributed by atoms with Gasteiger partial charge in [0.2, 0.25) is 0 Å². The Balaban J connectivity index is 2.21. The smallest absolute Gasteiger partial charge is 0.277 e. The fraction of sp³-hybridized carbons (Fsp3) is 0.520. The van der Waals surface area contributed by atoms with Gasteiger partial charge in [-0.25, -0.2) is 4.98 Å². The number of nitrogens with zero attached hydrogens (tertiary/aromatic N) is 5. The Hall–Kier alpha value is -3.36. The van der Waals surface area contributed by atoms with E-state index in [1.54, 1.807) is 11.7 Å². The number of guanidine groups is 1. The van der Waals surface area contributed by atoms with Crippen molar-refractivity contribution in [3.63, 3.8) is 0 Å². The van der Waals surface area contributed by atoms with Gasteiger partial charge in [0.1, 0.15) is 17.1 Å². The van der Waals surface area contributed by atoms with Crippen LogP contribution in [0.1, 0.15) is 53.2 Å². The van der Waals surface area contributed by atoms with Crippen LogP contribution in [-0.4, -0.2) is 51.9 Å². The molecule has 34 heavy (non-hydrogen) atoms. The van der Waals surface area contributed by atoms with Crippen molar-refractivity contribution in [2.24, 2.45) is 12.0 Å². The summed E-state index contributed by atoms with van der Waals surface area (Å²) in [5.74, 6) is 1.97. The van der Waals surface area contributed by atoms with Crippen LogP contribution >= 0.6 is 0 Å². The van der Waals surface area contributed by atoms with Crippen molar-refractivity contribution in [3.05, 3.63) is 34.2 Å². The fourth-order valence-corrected chi connectivity index (χ4v) is 3.99. The number of fused-ring (bicyclic) bond motifs is 1. The number of aromatic amines is 1. The molecule has 3 aromatic rings. The van der Waals surface area contributed by atoms with E-state index in [2.05, 4.69) is 53.0 Å². The second-order valence-corrected chi connectivity index (χ2v) is 8.03. The van der Waals surface area contributed by atoms with Gasteiger partial charge in [0.15, 0.2) is 11.5 Å². The van der Waals surface area contributed by atoms with Crippen LogP contribution < -0.4 is 20.5 Å². The zero-order valence-corrected chi connectivity index (χ0v) is 21.2. The van der Waals surface area contributed by atoms with Crippen molar-refractivity contribution >= 4 is 22.7 Å². The van der Waals surface area contributed by atoms with Crippen LogP contribution in [0.2, 0.25) is 0 Å². The lowest BCUT2D eigenvalue weighted by molar-refractivity contribution is 0.318. The number of nitrogens with one attached hydrogen (secondary N) is 2. The minimum absolute atomic E-state index is 0.211. The van der Waals surface area contributed by atoms with Crippen molar-refractivity contribution in [2.75, 3.05) is 31.1 Å². The zero-order chi connectivity index (χ0) is 24.7. The SMILES string of the molecule is CCCOc1ccc(N(CC)C(=NCC)NCC)cc1-c1nc2c(CCC)nn(C)c2c(=O)[nH]1. The quantitative estimate of drug-likeness (QED) is 0.347. The molecule has 2 aromatic heterocycles. The number of anilines is 1. The summed E-state index contributed by atoms with van der Waals surface area (Å²) >= 11 is 0. The number of ether oxygens (including phenoxy) is 1. The molecular weight excluding hydrogens is 430 g/mol. The number of hydrogen-bond donors (Lipinski definition) is 2. The molecule has 9 heteroatoms. The fourth-order valence-electron chi connectivity index (χ4n) is 3.99. The summed E-state index contributed by atoms with van der Waals surface area (Å²) in [6, 6.07) is 5.97. The lowest BCUT2D eigenvalue weighted by Gasteiger charge is -2.26. The van der Waals surface area contributed by atoms with E-state index in [1.165, 1.54) is 0 Å². The monoisotopic (exact) mass is 467 g/mol. The van der Waals surface area contributed by atoms with E-state index < -0.39 is 0 Å². The van der Waals surface area contributed by atoms with Gasteiger partial charge in [0.05, 0.1) is 17.9 Å². The second kappa shape index (κ2) is 11.7. The molecule has 3 rings (SSSR count). The molecule has 0 spiro atoms. The van der Waals surface area contributed by atoms with Gasteiger partial charge in [0, 0.05) is 32.4 Å². The van der Waals surface area contributed by atoms with Crippen LogP contribution in [0, 0.1) is 0 Å². The van der Waals surface area contributed by atoms with Crippen LogP contribution in [0.15, 0.2) is 28.0 Å². The van der Waals surface area contributed by atoms with Crippen molar-refractivity contribution in [1.29, 1.82) is 0 Å². The van der Waals surface area contributed by atoms with Gasteiger partial charge in [-0.1, -0.05) is 20.3 Å². The van der Waals surface area contributed by atoms with E-state index in [0.717, 1.165) is 55.3 Å². The van der Waals surface area contributed by atoms with Crippen molar-refractivity contribution < 1.29 is 4.74 Å². The Morgan fingerprint density at radius 3 is 2.65 bits per heavy atom. The first kappa shape index (κ1) is 25.3. The summed E-state index contributed by atoms with van der Waals surface area (Å²) in [5.41, 5.74) is 3.43. The van der Waals surface area contributed by atoms with Gasteiger partial charge < -0.3 is 19.9 Å². The van der Waals surface area contributed by atoms with Crippen LogP contribution in [0.25, 0.3) is 22.4 Å². The summed E-state index contributed by atoms with van der Waals surface area (Å²) in [6.45, 7) is 13.1. The number of aryl methyl sites for hydroxylation is 2. The highest BCUT2D eigenvalue weighted by Gasteiger charge is 2.20. The summed E-state index contributed by atoms with van der Waals surface area (Å²) in [6.07, 6.45) is 2.56. The summed E-state index contributed by atoms with van der Waals surface area (Å²) in [5, 5.41) is 7.90. The molecule has 0 radical (unpaired) electrons. The molecule has 0 aliphatic carbocycles. The van der Waals surface area contributed by atoms with Gasteiger partial charge in [0.25, 0.3) is 5.56 Å². The van der Waals surface area contributed by atoms with Gasteiger partial charge >= 0.3 is 0 Å². The van der Waals surface area contributed by atoms with Crippen LogP contribution in [0.5, 0.6) is 5.75 Å². The Morgan fingerprint density at radius 2 is 2.00 bits per heavy atom. The highest BCUT2D eigenvalue weighted by Crippen LogP contribution is 2.33. The van der Waals surface area contributed by atoms with Crippen LogP contribution in [0.3, 0.4) is 0 Å². The van der Waals surface area contributed by atoms with Gasteiger partial charge in [-0.05, 0) is 51.8 Å². The first-order valence-corrected chi connectivity index (χ1v) is 12.3. The number of hydrogen-bond acceptors (Lipinski definition) is 5. The third-order valence-electron chi connectivity index (χ3n) is 5.46. The second-order valence-electron chi connectivity index (χ2n) is 8.03. The minimum Gasteiger partial charge on any atom is -0.493 e. The molecule has 2 N–H and O–H groups in total. The molecule has 1 aromatic carbocycles. The average Bonchev–Trinajstić information content (AvgIpc) is 3.14. The van der Waals surface area contributed by atoms with E-state index in [1.807, 2.05) is 25.1 Å². The normalized spacial score (nSPS) is 11.8. The molecule has 0 fully saturated rings. The van der Waals surface area contributed by atoms with E-state index in [4.69, 9.17) is 9.72 Å². The predicted octanol–water partition coefficient (Wildman–Crippen LogP) is 3.88. The van der Waals surface area contributed by atoms with Crippen LogP contribution in [-0.2, 0) is 13.5 Å². The summed E-state index contributed by atoms with van der Waals surface area (Å²) in [4.78, 5) is 27.7. The standard InChI is InChI=1S/C25H37N7O2/c1-7-12-19-21-22(31(6)30-19)24(33)29-23(28-21)18-16-17(13-14-20(18)34-15-8-2)32(11-5)25(26-9-3)27-10-4/h13-14,16H,7-12,15H2,1-6H3,(H,26,27)(H,28,29,33). The molecule has 0 saturated heterocycles. The highest BCUT2D eigenvalue weighted by molar-refractivity contribution is 5.97. The van der Waals surface area contributed by atoms with Gasteiger partial charge in [-0.2, -0.15) is 5.10 Å². The van der Waals surface area contributed by atoms with Crippen molar-refractivity contribution in [2.45, 2.75) is 53.9 Å². The van der Waals surface area contributed by atoms with E-state index in [9.17, 15) is 4.79 Å². The first-order chi connectivity index (χ1) is 16.5. The molecule has 0 bridgehead atoms. The molecule has 0 amide bonds. The van der Waals surface area contributed by atoms with E-state index in [-0.39, 0.29) is 5.56 Å². The maximum Gasteiger partial charge on any atom is 0.277 e. The topological polar surface area (TPSA) is 100 Å². The number of benzene rings is 1. The van der Waals surface area contributed by atoms with E-state index in [0.29, 0.717) is 35.8 Å². The molecular formula is C25H37N7O2. The molecule has 2 heterocycles. The Kier molecular flexibility index (Phi) is 8.67. The summed E-state index contributed by atoms with van der Waals surface area (Å²) < 4.78 is 7.67. The molecule has 184 valence electrons. The van der Waals surface area contributed by atoms with Crippen molar-refractivity contribution in [1.82, 2.24) is 25.1 Å². The third-order valence-corrected chi connectivity index (χ3v) is 5.46. The molecule has 0 atom stereocenters. The Bertz CT molecular complexity index is 1200. The molecule has 0 aliphatic heterocycles. The van der Waals surface area contributed by atoms with E-state index >= 15 is 0 Å². The van der Waals surface area contributed by atoms with Crippen molar-refractivity contribution in [3.8, 4) is 17.1 Å². The largest absolute Gasteiger partial charge is 0.493 e. The Labute approximate surface area is 201 Å². The number of H-pyrrole nitrogens is 1. The molecule has 0 unspecified atom stereocenters. The number of rotatable bonds is 10. The predicted molar refractivity (Wildman–Crippen MR) is 139 cm³/mol. The number of aromatic nitrogens is 4.